The van der Waals surface area contributed by atoms with Crippen LogP contribution in [0.15, 0.2) is 90.0 Å². The number of rotatable bonds is 5. The number of nitrogens with one attached hydrogen (secondary N) is 1. The molecule has 0 fully saturated rings. The molecule has 0 aliphatic carbocycles. The Bertz CT molecular complexity index is 1130. The first-order valence-corrected chi connectivity index (χ1v) is 8.71. The van der Waals surface area contributed by atoms with Crippen LogP contribution < -0.4 is 10.2 Å². The lowest BCUT2D eigenvalue weighted by atomic mass is 10.1. The number of fused-ring (bicyclic) bond motifs is 2. The zero-order chi connectivity index (χ0) is 18.5. The Morgan fingerprint density at radius 2 is 1.59 bits per heavy atom. The largest absolute Gasteiger partial charge is 0.484 e. The van der Waals surface area contributed by atoms with Crippen molar-refractivity contribution in [3.8, 4) is 5.75 Å². The maximum atomic E-state index is 12.0. The van der Waals surface area contributed by atoms with Gasteiger partial charge in [-0.3, -0.25) is 4.79 Å². The van der Waals surface area contributed by atoms with E-state index in [1.165, 1.54) is 0 Å². The molecule has 27 heavy (non-hydrogen) atoms. The highest BCUT2D eigenvalue weighted by Gasteiger charge is 2.03. The van der Waals surface area contributed by atoms with Crippen LogP contribution in [-0.4, -0.2) is 18.7 Å². The topological polar surface area (TPSA) is 50.7 Å². The summed E-state index contributed by atoms with van der Waals surface area (Å²) < 4.78 is 5.56. The summed E-state index contributed by atoms with van der Waals surface area (Å²) in [6, 6.07) is 27.8. The van der Waals surface area contributed by atoms with Crippen LogP contribution in [0.5, 0.6) is 5.75 Å². The van der Waals surface area contributed by atoms with Crippen molar-refractivity contribution in [2.75, 3.05) is 6.61 Å². The third kappa shape index (κ3) is 3.96. The van der Waals surface area contributed by atoms with Crippen LogP contribution in [0, 0.1) is 0 Å². The summed E-state index contributed by atoms with van der Waals surface area (Å²) in [5, 5.41) is 8.48. The van der Waals surface area contributed by atoms with Crippen molar-refractivity contribution in [1.29, 1.82) is 0 Å². The number of hydrogen-bond donors (Lipinski definition) is 1. The molecule has 0 bridgehead atoms. The van der Waals surface area contributed by atoms with Crippen molar-refractivity contribution in [1.82, 2.24) is 5.43 Å². The number of hydrogen-bond acceptors (Lipinski definition) is 3. The lowest BCUT2D eigenvalue weighted by Gasteiger charge is -2.06. The predicted molar refractivity (Wildman–Crippen MR) is 109 cm³/mol. The molecule has 132 valence electrons. The molecule has 0 spiro atoms. The summed E-state index contributed by atoms with van der Waals surface area (Å²) in [5.41, 5.74) is 3.46. The van der Waals surface area contributed by atoms with E-state index in [1.807, 2.05) is 84.9 Å². The summed E-state index contributed by atoms with van der Waals surface area (Å²) >= 11 is 0. The van der Waals surface area contributed by atoms with Gasteiger partial charge >= 0.3 is 0 Å². The summed E-state index contributed by atoms with van der Waals surface area (Å²) in [4.78, 5) is 12.0. The van der Waals surface area contributed by atoms with E-state index in [0.29, 0.717) is 5.75 Å². The molecule has 4 aromatic rings. The van der Waals surface area contributed by atoms with Gasteiger partial charge in [0.05, 0.1) is 6.21 Å². The summed E-state index contributed by atoms with van der Waals surface area (Å²) in [7, 11) is 0. The van der Waals surface area contributed by atoms with Gasteiger partial charge in [0.25, 0.3) is 5.91 Å². The third-order valence-corrected chi connectivity index (χ3v) is 4.31. The van der Waals surface area contributed by atoms with E-state index < -0.39 is 0 Å². The number of carbonyl (C=O) groups excluding carboxylic acids is 1. The fourth-order valence-corrected chi connectivity index (χ4v) is 2.98. The molecule has 4 heteroatoms. The Kier molecular flexibility index (Phi) is 4.79. The van der Waals surface area contributed by atoms with Gasteiger partial charge in [0.15, 0.2) is 6.61 Å². The predicted octanol–water partition coefficient (Wildman–Crippen LogP) is 4.52. The molecular formula is C23H18N2O2. The monoisotopic (exact) mass is 354 g/mol. The van der Waals surface area contributed by atoms with Gasteiger partial charge < -0.3 is 4.74 Å². The van der Waals surface area contributed by atoms with E-state index in [4.69, 9.17) is 4.74 Å². The number of ether oxygens (including phenoxy) is 1. The first-order chi connectivity index (χ1) is 13.3. The van der Waals surface area contributed by atoms with Gasteiger partial charge in [-0.25, -0.2) is 5.43 Å². The van der Waals surface area contributed by atoms with Crippen LogP contribution in [0.3, 0.4) is 0 Å². The quantitative estimate of drug-likeness (QED) is 0.423. The molecule has 0 saturated heterocycles. The fraction of sp³-hybridized carbons (Fsp3) is 0.0435. The highest BCUT2D eigenvalue weighted by molar-refractivity contribution is 6.00. The lowest BCUT2D eigenvalue weighted by Crippen LogP contribution is -2.24. The van der Waals surface area contributed by atoms with Crippen LogP contribution in [0.4, 0.5) is 0 Å². The third-order valence-electron chi connectivity index (χ3n) is 4.31. The number of nitrogens with zero attached hydrogens (tertiary/aromatic N) is 1. The average Bonchev–Trinajstić information content (AvgIpc) is 2.72. The zero-order valence-electron chi connectivity index (χ0n) is 14.6. The minimum absolute atomic E-state index is 0.0920. The second-order valence-corrected chi connectivity index (χ2v) is 6.16. The van der Waals surface area contributed by atoms with Gasteiger partial charge in [-0.1, -0.05) is 72.8 Å². The van der Waals surface area contributed by atoms with Crippen LogP contribution in [0.2, 0.25) is 0 Å². The molecule has 0 atom stereocenters. The Morgan fingerprint density at radius 3 is 2.48 bits per heavy atom. The fourth-order valence-electron chi connectivity index (χ4n) is 2.98. The van der Waals surface area contributed by atoms with E-state index in [2.05, 4.69) is 10.5 Å². The molecule has 0 unspecified atom stereocenters. The Balaban J connectivity index is 1.37. The van der Waals surface area contributed by atoms with Gasteiger partial charge in [-0.05, 0) is 33.7 Å². The van der Waals surface area contributed by atoms with E-state index in [9.17, 15) is 4.79 Å². The first kappa shape index (κ1) is 16.8. The van der Waals surface area contributed by atoms with Gasteiger partial charge in [0.1, 0.15) is 5.75 Å². The minimum Gasteiger partial charge on any atom is -0.484 e. The smallest absolute Gasteiger partial charge is 0.277 e. The van der Waals surface area contributed by atoms with E-state index in [-0.39, 0.29) is 12.5 Å². The summed E-state index contributed by atoms with van der Waals surface area (Å²) in [6.07, 6.45) is 1.65. The second-order valence-electron chi connectivity index (χ2n) is 6.16. The standard InChI is InChI=1S/C23H18N2O2/c26-23(16-27-21-13-12-17-6-1-2-8-19(17)14-21)25-24-15-20-10-5-9-18-7-3-4-11-22(18)20/h1-15H,16H2,(H,25,26)/b24-15+. The van der Waals surface area contributed by atoms with Crippen molar-refractivity contribution in [2.45, 2.75) is 0 Å². The molecule has 1 N–H and O–H groups in total. The molecule has 0 aromatic heterocycles. The van der Waals surface area contributed by atoms with Crippen molar-refractivity contribution in [3.05, 3.63) is 90.5 Å². The lowest BCUT2D eigenvalue weighted by molar-refractivity contribution is -0.123. The van der Waals surface area contributed by atoms with Gasteiger partial charge in [-0.2, -0.15) is 5.10 Å². The molecule has 4 nitrogen and oxygen atoms in total. The summed E-state index contributed by atoms with van der Waals surface area (Å²) in [6.45, 7) is -0.0920. The minimum atomic E-state index is -0.306. The molecule has 0 aliphatic heterocycles. The van der Waals surface area contributed by atoms with Crippen molar-refractivity contribution in [3.63, 3.8) is 0 Å². The van der Waals surface area contributed by atoms with Gasteiger partial charge in [-0.15, -0.1) is 0 Å². The van der Waals surface area contributed by atoms with Crippen LogP contribution in [0.1, 0.15) is 5.56 Å². The molecule has 4 aromatic carbocycles. The van der Waals surface area contributed by atoms with Crippen molar-refractivity contribution in [2.24, 2.45) is 5.10 Å². The maximum absolute atomic E-state index is 12.0. The number of carbonyl (C=O) groups is 1. The highest BCUT2D eigenvalue weighted by atomic mass is 16.5. The molecule has 1 amide bonds. The Hall–Kier alpha value is -3.66. The molecule has 4 rings (SSSR count). The molecule has 0 radical (unpaired) electrons. The highest BCUT2D eigenvalue weighted by Crippen LogP contribution is 2.20. The number of amides is 1. The zero-order valence-corrected chi connectivity index (χ0v) is 14.6. The Morgan fingerprint density at radius 1 is 0.852 bits per heavy atom. The van der Waals surface area contributed by atoms with E-state index in [1.54, 1.807) is 6.21 Å². The number of hydrazone groups is 1. The van der Waals surface area contributed by atoms with Crippen molar-refractivity contribution >= 4 is 33.7 Å². The molecule has 0 saturated carbocycles. The molecule has 0 heterocycles. The van der Waals surface area contributed by atoms with Crippen molar-refractivity contribution < 1.29 is 9.53 Å². The van der Waals surface area contributed by atoms with E-state index >= 15 is 0 Å². The molecular weight excluding hydrogens is 336 g/mol. The SMILES string of the molecule is O=C(COc1ccc2ccccc2c1)N/N=C/c1cccc2ccccc12. The number of benzene rings is 4. The van der Waals surface area contributed by atoms with E-state index in [0.717, 1.165) is 27.1 Å². The maximum Gasteiger partial charge on any atom is 0.277 e. The normalized spacial score (nSPS) is 11.1. The first-order valence-electron chi connectivity index (χ1n) is 8.71. The van der Waals surface area contributed by atoms with Crippen LogP contribution in [-0.2, 0) is 4.79 Å². The summed E-state index contributed by atoms with van der Waals surface area (Å²) in [5.74, 6) is 0.349. The second kappa shape index (κ2) is 7.70. The van der Waals surface area contributed by atoms with Gasteiger partial charge in [0, 0.05) is 5.56 Å². The van der Waals surface area contributed by atoms with Crippen LogP contribution >= 0.6 is 0 Å². The van der Waals surface area contributed by atoms with Crippen LogP contribution in [0.25, 0.3) is 21.5 Å². The molecule has 0 aliphatic rings. The average molecular weight is 354 g/mol. The Labute approximate surface area is 157 Å². The van der Waals surface area contributed by atoms with Gasteiger partial charge in [0.2, 0.25) is 0 Å².